The molecule has 5 unspecified atom stereocenters. The van der Waals surface area contributed by atoms with E-state index in [1.807, 2.05) is 0 Å². The minimum absolute atomic E-state index is 0.0460. The van der Waals surface area contributed by atoms with Gasteiger partial charge in [-0.3, -0.25) is 4.79 Å². The molecular weight excluding hydrogens is 508 g/mol. The van der Waals surface area contributed by atoms with Crippen LogP contribution in [0.15, 0.2) is 39.6 Å². The number of ether oxygens (including phenoxy) is 4. The molecule has 3 N–H and O–H groups in total. The van der Waals surface area contributed by atoms with Gasteiger partial charge in [-0.15, -0.1) is 0 Å². The average Bonchev–Trinajstić information content (AvgIpc) is 2.92. The topological polar surface area (TPSA) is 145 Å². The quantitative estimate of drug-likeness (QED) is 0.515. The van der Waals surface area contributed by atoms with Crippen molar-refractivity contribution in [1.29, 1.82) is 0 Å². The maximum Gasteiger partial charge on any atom is 0.343 e. The van der Waals surface area contributed by atoms with Gasteiger partial charge in [-0.25, -0.2) is 4.79 Å². The van der Waals surface area contributed by atoms with Crippen LogP contribution >= 0.6 is 0 Å². The lowest BCUT2D eigenvalue weighted by atomic mass is 9.41. The summed E-state index contributed by atoms with van der Waals surface area (Å²) >= 11 is 0. The second-order valence-electron chi connectivity index (χ2n) is 11.3. The number of rotatable bonds is 5. The molecule has 10 heteroatoms. The van der Waals surface area contributed by atoms with Crippen molar-refractivity contribution < 1.29 is 43.5 Å². The molecule has 0 saturated heterocycles. The first-order valence-electron chi connectivity index (χ1n) is 12.7. The third-order valence-electron chi connectivity index (χ3n) is 9.59. The maximum atomic E-state index is 13.5. The molecule has 0 radical (unpaired) electrons. The predicted molar refractivity (Wildman–Crippen MR) is 139 cm³/mol. The number of benzene rings is 1. The van der Waals surface area contributed by atoms with Crippen molar-refractivity contribution in [2.45, 2.75) is 56.8 Å². The molecule has 2 aromatic rings. The van der Waals surface area contributed by atoms with Crippen LogP contribution in [-0.2, 0) is 11.2 Å². The second kappa shape index (κ2) is 8.58. The summed E-state index contributed by atoms with van der Waals surface area (Å²) in [6.07, 6.45) is 2.73. The highest BCUT2D eigenvalue weighted by molar-refractivity contribution is 5.98. The molecule has 0 bridgehead atoms. The molecule has 39 heavy (non-hydrogen) atoms. The molecule has 3 aliphatic rings. The Morgan fingerprint density at radius 2 is 1.56 bits per heavy atom. The Morgan fingerprint density at radius 1 is 0.923 bits per heavy atom. The molecule has 0 spiro atoms. The summed E-state index contributed by atoms with van der Waals surface area (Å²) in [5.74, 6) is 0.987. The SMILES string of the molecule is COc1cc(-c2cc3c(c(=O)o2)CC2(O)C(C)(CCC4(O)C(C)(CO)C=CC(=O)C42C)O3)cc(OC)c1OC. The number of methoxy groups -OCH3 is 3. The molecule has 1 aromatic heterocycles. The van der Waals surface area contributed by atoms with Gasteiger partial charge in [0.05, 0.1) is 44.5 Å². The van der Waals surface area contributed by atoms with E-state index in [1.165, 1.54) is 40.4 Å². The Morgan fingerprint density at radius 3 is 2.13 bits per heavy atom. The molecule has 210 valence electrons. The van der Waals surface area contributed by atoms with Crippen LogP contribution in [0.2, 0.25) is 0 Å². The third-order valence-corrected chi connectivity index (χ3v) is 9.59. The van der Waals surface area contributed by atoms with Crippen LogP contribution in [0.5, 0.6) is 23.0 Å². The zero-order chi connectivity index (χ0) is 28.6. The lowest BCUT2D eigenvalue weighted by Gasteiger charge is -2.68. The van der Waals surface area contributed by atoms with E-state index in [0.717, 1.165) is 0 Å². The summed E-state index contributed by atoms with van der Waals surface area (Å²) in [5, 5.41) is 34.6. The molecule has 5 rings (SSSR count). The largest absolute Gasteiger partial charge is 0.493 e. The molecule has 0 amide bonds. The lowest BCUT2D eigenvalue weighted by molar-refractivity contribution is -0.301. The summed E-state index contributed by atoms with van der Waals surface area (Å²) in [4.78, 5) is 26.9. The van der Waals surface area contributed by atoms with E-state index >= 15 is 0 Å². The summed E-state index contributed by atoms with van der Waals surface area (Å²) in [5.41, 5.74) is -8.38. The van der Waals surface area contributed by atoms with Crippen molar-refractivity contribution in [3.8, 4) is 34.3 Å². The smallest absolute Gasteiger partial charge is 0.343 e. The molecule has 10 nitrogen and oxygen atoms in total. The Balaban J connectivity index is 1.66. The van der Waals surface area contributed by atoms with Gasteiger partial charge in [-0.2, -0.15) is 0 Å². The molecule has 1 saturated carbocycles. The number of aliphatic hydroxyl groups is 3. The standard InChI is InChI=1S/C29H34O10/c1-25(15-30)8-7-22(31)27(3)28(25,33)10-9-26(2)29(27,34)14-17-19(39-26)13-18(38-24(17)32)16-11-20(35-4)23(37-6)21(12-16)36-5/h7-8,11-13,30,33-34H,9-10,14-15H2,1-6H3. The van der Waals surface area contributed by atoms with Gasteiger partial charge in [0.25, 0.3) is 0 Å². The second-order valence-corrected chi connectivity index (χ2v) is 11.3. The van der Waals surface area contributed by atoms with Crippen molar-refractivity contribution in [3.63, 3.8) is 0 Å². The maximum absolute atomic E-state index is 13.5. The van der Waals surface area contributed by atoms with Gasteiger partial charge in [-0.1, -0.05) is 13.0 Å². The molecule has 1 aliphatic heterocycles. The van der Waals surface area contributed by atoms with E-state index in [0.29, 0.717) is 22.8 Å². The Kier molecular flexibility index (Phi) is 5.99. The van der Waals surface area contributed by atoms with Gasteiger partial charge in [0.2, 0.25) is 5.75 Å². The number of hydrogen-bond donors (Lipinski definition) is 3. The minimum Gasteiger partial charge on any atom is -0.493 e. The van der Waals surface area contributed by atoms with Crippen molar-refractivity contribution >= 4 is 5.78 Å². The van der Waals surface area contributed by atoms with E-state index in [-0.39, 0.29) is 36.3 Å². The van der Waals surface area contributed by atoms with Gasteiger partial charge in [-0.05, 0) is 44.9 Å². The number of hydrogen-bond acceptors (Lipinski definition) is 10. The normalized spacial score (nSPS) is 34.8. The Bertz CT molecular complexity index is 1420. The van der Waals surface area contributed by atoms with Gasteiger partial charge >= 0.3 is 5.63 Å². The highest BCUT2D eigenvalue weighted by Crippen LogP contribution is 2.65. The molecule has 2 heterocycles. The molecule has 2 aliphatic carbocycles. The summed E-state index contributed by atoms with van der Waals surface area (Å²) in [7, 11) is 4.43. The van der Waals surface area contributed by atoms with Crippen LogP contribution in [0.4, 0.5) is 0 Å². The van der Waals surface area contributed by atoms with Gasteiger partial charge in [0.15, 0.2) is 17.3 Å². The fourth-order valence-electron chi connectivity index (χ4n) is 6.87. The highest BCUT2D eigenvalue weighted by Gasteiger charge is 2.78. The highest BCUT2D eigenvalue weighted by atomic mass is 16.5. The molecule has 1 fully saturated rings. The van der Waals surface area contributed by atoms with E-state index in [1.54, 1.807) is 32.0 Å². The van der Waals surface area contributed by atoms with Crippen LogP contribution in [0.25, 0.3) is 11.3 Å². The minimum atomic E-state index is -2.00. The predicted octanol–water partition coefficient (Wildman–Crippen LogP) is 2.43. The van der Waals surface area contributed by atoms with E-state index in [2.05, 4.69) is 0 Å². The first kappa shape index (κ1) is 27.2. The van der Waals surface area contributed by atoms with Crippen LogP contribution in [0.1, 0.15) is 39.2 Å². The third kappa shape index (κ3) is 3.25. The van der Waals surface area contributed by atoms with Gasteiger partial charge in [0, 0.05) is 23.5 Å². The number of carbonyl (C=O) groups excluding carboxylic acids is 1. The van der Waals surface area contributed by atoms with Crippen LogP contribution in [0.3, 0.4) is 0 Å². The summed E-state index contributed by atoms with van der Waals surface area (Å²) < 4.78 is 28.3. The number of fused-ring (bicyclic) bond motifs is 4. The Labute approximate surface area is 225 Å². The first-order chi connectivity index (χ1) is 18.3. The van der Waals surface area contributed by atoms with Crippen molar-refractivity contribution in [1.82, 2.24) is 0 Å². The van der Waals surface area contributed by atoms with Gasteiger partial charge < -0.3 is 38.7 Å². The molecule has 5 atom stereocenters. The van der Waals surface area contributed by atoms with Crippen molar-refractivity contribution in [2.24, 2.45) is 10.8 Å². The van der Waals surface area contributed by atoms with E-state index in [4.69, 9.17) is 23.4 Å². The zero-order valence-electron chi connectivity index (χ0n) is 22.9. The van der Waals surface area contributed by atoms with Crippen LogP contribution in [-0.4, -0.2) is 65.8 Å². The molecular formula is C29H34O10. The number of allylic oxidation sites excluding steroid dienone is 1. The van der Waals surface area contributed by atoms with Crippen molar-refractivity contribution in [2.75, 3.05) is 27.9 Å². The first-order valence-corrected chi connectivity index (χ1v) is 12.7. The summed E-state index contributed by atoms with van der Waals surface area (Å²) in [6, 6.07) is 4.83. The van der Waals surface area contributed by atoms with E-state index < -0.39 is 45.6 Å². The summed E-state index contributed by atoms with van der Waals surface area (Å²) in [6.45, 7) is 4.38. The van der Waals surface area contributed by atoms with Crippen molar-refractivity contribution in [3.05, 3.63) is 46.3 Å². The number of carbonyl (C=O) groups is 1. The fraction of sp³-hybridized carbons (Fsp3) is 0.517. The monoisotopic (exact) mass is 542 g/mol. The lowest BCUT2D eigenvalue weighted by Crippen LogP contribution is -2.82. The molecule has 1 aromatic carbocycles. The van der Waals surface area contributed by atoms with Crippen LogP contribution in [0, 0.1) is 10.8 Å². The zero-order valence-corrected chi connectivity index (χ0v) is 22.9. The fourth-order valence-corrected chi connectivity index (χ4v) is 6.87. The number of aliphatic hydroxyl groups excluding tert-OH is 1. The average molecular weight is 543 g/mol. The Hall–Kier alpha value is -3.34. The van der Waals surface area contributed by atoms with Gasteiger partial charge in [0.1, 0.15) is 22.7 Å². The van der Waals surface area contributed by atoms with E-state index in [9.17, 15) is 24.9 Å². The number of ketones is 1. The van der Waals surface area contributed by atoms with Crippen LogP contribution < -0.4 is 24.6 Å².